The lowest BCUT2D eigenvalue weighted by molar-refractivity contribution is -0.138. The van der Waals surface area contributed by atoms with Crippen LogP contribution in [0.2, 0.25) is 0 Å². The molecule has 0 N–H and O–H groups in total. The maximum atomic E-state index is 10.3. The van der Waals surface area contributed by atoms with E-state index < -0.39 is 5.97 Å². The van der Waals surface area contributed by atoms with Crippen LogP contribution in [-0.2, 0) is 14.3 Å². The maximum Gasteiger partial charge on any atom is 0.330 e. The SMILES string of the molecule is C=CC(=O)OCCOC.CC#Cc1nnc(-c2ccc(C)cc2)o1. The third-order valence-corrected chi connectivity index (χ3v) is 2.65. The molecule has 2 rings (SSSR count). The van der Waals surface area contributed by atoms with Crippen molar-refractivity contribution in [1.82, 2.24) is 10.2 Å². The summed E-state index contributed by atoms with van der Waals surface area (Å²) in [6, 6.07) is 7.91. The highest BCUT2D eigenvalue weighted by Gasteiger charge is 2.05. The molecule has 0 aliphatic carbocycles. The van der Waals surface area contributed by atoms with E-state index in [-0.39, 0.29) is 0 Å². The lowest BCUT2D eigenvalue weighted by Gasteiger charge is -1.98. The summed E-state index contributed by atoms with van der Waals surface area (Å²) in [6.45, 7) is 7.71. The van der Waals surface area contributed by atoms with Gasteiger partial charge in [0, 0.05) is 18.7 Å². The van der Waals surface area contributed by atoms with E-state index in [2.05, 4.69) is 38.1 Å². The fraction of sp³-hybridized carbons (Fsp3) is 0.278. The quantitative estimate of drug-likeness (QED) is 0.364. The van der Waals surface area contributed by atoms with Gasteiger partial charge in [0.2, 0.25) is 5.89 Å². The van der Waals surface area contributed by atoms with Crippen LogP contribution in [0.3, 0.4) is 0 Å². The number of hydrogen-bond donors (Lipinski definition) is 0. The van der Waals surface area contributed by atoms with Crippen molar-refractivity contribution >= 4 is 5.97 Å². The third kappa shape index (κ3) is 6.90. The van der Waals surface area contributed by atoms with Gasteiger partial charge in [0.15, 0.2) is 0 Å². The summed E-state index contributed by atoms with van der Waals surface area (Å²) in [5, 5.41) is 7.73. The molecule has 0 atom stereocenters. The number of aromatic nitrogens is 2. The number of ether oxygens (including phenoxy) is 2. The molecule has 24 heavy (non-hydrogen) atoms. The Labute approximate surface area is 141 Å². The largest absolute Gasteiger partial charge is 0.460 e. The van der Waals surface area contributed by atoms with E-state index >= 15 is 0 Å². The molecule has 0 saturated carbocycles. The van der Waals surface area contributed by atoms with E-state index in [0.29, 0.717) is 25.0 Å². The number of hydrogen-bond acceptors (Lipinski definition) is 6. The fourth-order valence-electron chi connectivity index (χ4n) is 1.48. The Morgan fingerprint density at radius 1 is 1.29 bits per heavy atom. The minimum Gasteiger partial charge on any atom is -0.460 e. The highest BCUT2D eigenvalue weighted by Crippen LogP contribution is 2.17. The first-order valence-electron chi connectivity index (χ1n) is 7.22. The molecule has 1 heterocycles. The van der Waals surface area contributed by atoms with Gasteiger partial charge in [0.05, 0.1) is 6.61 Å². The lowest BCUT2D eigenvalue weighted by atomic mass is 10.1. The summed E-state index contributed by atoms with van der Waals surface area (Å²) in [6.07, 6.45) is 1.12. The van der Waals surface area contributed by atoms with E-state index in [0.717, 1.165) is 11.6 Å². The molecule has 0 spiro atoms. The summed E-state index contributed by atoms with van der Waals surface area (Å²) in [5.74, 6) is 5.88. The molecule has 0 bridgehead atoms. The zero-order valence-corrected chi connectivity index (χ0v) is 14.0. The second-order valence-corrected chi connectivity index (χ2v) is 4.52. The van der Waals surface area contributed by atoms with Gasteiger partial charge in [0.1, 0.15) is 6.61 Å². The predicted octanol–water partition coefficient (Wildman–Crippen LogP) is 2.78. The van der Waals surface area contributed by atoms with Gasteiger partial charge in [-0.25, -0.2) is 4.79 Å². The summed E-state index contributed by atoms with van der Waals surface area (Å²) >= 11 is 0. The molecule has 0 amide bonds. The average Bonchev–Trinajstić information content (AvgIpc) is 3.05. The summed E-state index contributed by atoms with van der Waals surface area (Å²) < 4.78 is 14.5. The average molecular weight is 328 g/mol. The second kappa shape index (κ2) is 10.8. The van der Waals surface area contributed by atoms with Crippen molar-refractivity contribution in [3.8, 4) is 23.3 Å². The molecule has 126 valence electrons. The van der Waals surface area contributed by atoms with Crippen molar-refractivity contribution in [3.05, 3.63) is 48.4 Å². The summed E-state index contributed by atoms with van der Waals surface area (Å²) in [5.41, 5.74) is 2.11. The van der Waals surface area contributed by atoms with Crippen molar-refractivity contribution < 1.29 is 18.7 Å². The first-order chi connectivity index (χ1) is 11.6. The Kier molecular flexibility index (Phi) is 8.58. The monoisotopic (exact) mass is 328 g/mol. The minimum atomic E-state index is -0.410. The van der Waals surface area contributed by atoms with Crippen molar-refractivity contribution in [1.29, 1.82) is 0 Å². The van der Waals surface area contributed by atoms with Crippen molar-refractivity contribution in [3.63, 3.8) is 0 Å². The van der Waals surface area contributed by atoms with Crippen molar-refractivity contribution in [2.24, 2.45) is 0 Å². The number of carbonyl (C=O) groups excluding carboxylic acids is 1. The van der Waals surface area contributed by atoms with Gasteiger partial charge < -0.3 is 13.9 Å². The van der Waals surface area contributed by atoms with Crippen LogP contribution in [-0.4, -0.2) is 36.5 Å². The smallest absolute Gasteiger partial charge is 0.330 e. The first-order valence-corrected chi connectivity index (χ1v) is 7.22. The number of benzene rings is 1. The topological polar surface area (TPSA) is 74.5 Å². The van der Waals surface area contributed by atoms with Crippen LogP contribution in [0.1, 0.15) is 18.4 Å². The highest BCUT2D eigenvalue weighted by atomic mass is 16.6. The Balaban J connectivity index is 0.000000277. The van der Waals surface area contributed by atoms with Gasteiger partial charge in [-0.1, -0.05) is 35.3 Å². The zero-order chi connectivity index (χ0) is 17.8. The minimum absolute atomic E-state index is 0.293. The van der Waals surface area contributed by atoms with E-state index in [1.807, 2.05) is 31.2 Å². The normalized spacial score (nSPS) is 9.12. The zero-order valence-electron chi connectivity index (χ0n) is 14.0. The molecule has 0 fully saturated rings. The Hall–Kier alpha value is -2.91. The standard InChI is InChI=1S/C12H10N2O.C6H10O3/c1-3-4-11-13-14-12(15-11)10-7-5-9(2)6-8-10;1-3-6(7)9-5-4-8-2/h5-8H,1-2H3;3H,1,4-5H2,2H3. The molecule has 6 heteroatoms. The first kappa shape index (κ1) is 19.1. The predicted molar refractivity (Wildman–Crippen MR) is 90.1 cm³/mol. The molecule has 0 aliphatic rings. The van der Waals surface area contributed by atoms with Crippen LogP contribution in [0.5, 0.6) is 0 Å². The Bertz CT molecular complexity index is 709. The number of carbonyl (C=O) groups is 1. The number of esters is 1. The van der Waals surface area contributed by atoms with E-state index in [4.69, 9.17) is 4.42 Å². The molecule has 0 unspecified atom stereocenters. The number of aryl methyl sites for hydroxylation is 1. The number of methoxy groups -OCH3 is 1. The lowest BCUT2D eigenvalue weighted by Crippen LogP contribution is -2.06. The Morgan fingerprint density at radius 2 is 2.00 bits per heavy atom. The van der Waals surface area contributed by atoms with Crippen LogP contribution in [0.15, 0.2) is 41.3 Å². The second-order valence-electron chi connectivity index (χ2n) is 4.52. The van der Waals surface area contributed by atoms with Gasteiger partial charge in [-0.05, 0) is 31.9 Å². The van der Waals surface area contributed by atoms with Crippen LogP contribution < -0.4 is 0 Å². The van der Waals surface area contributed by atoms with Crippen LogP contribution in [0.25, 0.3) is 11.5 Å². The van der Waals surface area contributed by atoms with Crippen LogP contribution in [0, 0.1) is 18.8 Å². The summed E-state index contributed by atoms with van der Waals surface area (Å²) in [7, 11) is 1.54. The molecule has 0 saturated heterocycles. The highest BCUT2D eigenvalue weighted by molar-refractivity contribution is 5.81. The molecule has 0 aliphatic heterocycles. The van der Waals surface area contributed by atoms with Gasteiger partial charge >= 0.3 is 5.97 Å². The molecule has 6 nitrogen and oxygen atoms in total. The van der Waals surface area contributed by atoms with Gasteiger partial charge in [-0.3, -0.25) is 0 Å². The molecular formula is C18H20N2O4. The van der Waals surface area contributed by atoms with Gasteiger partial charge in [0.25, 0.3) is 5.89 Å². The summed E-state index contributed by atoms with van der Waals surface area (Å²) in [4.78, 5) is 10.3. The van der Waals surface area contributed by atoms with E-state index in [1.165, 1.54) is 5.56 Å². The van der Waals surface area contributed by atoms with Crippen LogP contribution >= 0.6 is 0 Å². The van der Waals surface area contributed by atoms with E-state index in [1.54, 1.807) is 14.0 Å². The fourth-order valence-corrected chi connectivity index (χ4v) is 1.48. The molecule has 1 aromatic heterocycles. The van der Waals surface area contributed by atoms with Gasteiger partial charge in [-0.15, -0.1) is 5.10 Å². The van der Waals surface area contributed by atoms with Crippen molar-refractivity contribution in [2.75, 3.05) is 20.3 Å². The molecule has 0 radical (unpaired) electrons. The van der Waals surface area contributed by atoms with Crippen LogP contribution in [0.4, 0.5) is 0 Å². The molecule has 2 aromatic rings. The Morgan fingerprint density at radius 3 is 2.58 bits per heavy atom. The van der Waals surface area contributed by atoms with Crippen molar-refractivity contribution in [2.45, 2.75) is 13.8 Å². The van der Waals surface area contributed by atoms with Gasteiger partial charge in [-0.2, -0.15) is 0 Å². The number of nitrogens with zero attached hydrogens (tertiary/aromatic N) is 2. The molecule has 1 aromatic carbocycles. The molecular weight excluding hydrogens is 308 g/mol. The third-order valence-electron chi connectivity index (χ3n) is 2.65. The van der Waals surface area contributed by atoms with E-state index in [9.17, 15) is 4.79 Å². The number of rotatable bonds is 5. The maximum absolute atomic E-state index is 10.3.